The van der Waals surface area contributed by atoms with Crippen LogP contribution in [0.5, 0.6) is 11.5 Å². The van der Waals surface area contributed by atoms with Crippen molar-refractivity contribution in [1.82, 2.24) is 0 Å². The first-order valence-corrected chi connectivity index (χ1v) is 5.56. The molecule has 2 aromatic carbocycles. The summed E-state index contributed by atoms with van der Waals surface area (Å²) in [7, 11) is 0. The summed E-state index contributed by atoms with van der Waals surface area (Å²) in [6.45, 7) is 0. The third kappa shape index (κ3) is 3.12. The fourth-order valence-electron chi connectivity index (χ4n) is 1.10. The van der Waals surface area contributed by atoms with Crippen LogP contribution in [0.3, 0.4) is 0 Å². The summed E-state index contributed by atoms with van der Waals surface area (Å²) in [4.78, 5) is 12.0. The second-order valence-electron chi connectivity index (χ2n) is 3.15. The van der Waals surface area contributed by atoms with Crippen molar-refractivity contribution < 1.29 is 9.78 Å². The largest absolute Gasteiger partial charge is 0.290 e. The molecule has 0 bridgehead atoms. The van der Waals surface area contributed by atoms with Crippen molar-refractivity contribution in [3.05, 3.63) is 48.5 Å². The zero-order valence-electron chi connectivity index (χ0n) is 8.33. The highest BCUT2D eigenvalue weighted by Crippen LogP contribution is 2.18. The van der Waals surface area contributed by atoms with E-state index >= 15 is 0 Å². The monoisotopic (exact) mass is 250 g/mol. The normalized spacial score (nSPS) is 9.88. The van der Waals surface area contributed by atoms with Gasteiger partial charge in [0.1, 0.15) is 0 Å². The molecule has 0 saturated carbocycles. The van der Waals surface area contributed by atoms with Gasteiger partial charge < -0.3 is 0 Å². The van der Waals surface area contributed by atoms with Crippen LogP contribution >= 0.6 is 25.3 Å². The van der Waals surface area contributed by atoms with E-state index in [4.69, 9.17) is 9.78 Å². The summed E-state index contributed by atoms with van der Waals surface area (Å²) >= 11 is 8.35. The van der Waals surface area contributed by atoms with Gasteiger partial charge >= 0.3 is 0 Å². The molecule has 0 radical (unpaired) electrons. The lowest BCUT2D eigenvalue weighted by molar-refractivity contribution is -0.1000. The van der Waals surface area contributed by atoms with Crippen LogP contribution in [0, 0.1) is 0 Å². The molecule has 2 aromatic rings. The number of benzene rings is 2. The molecule has 0 saturated heterocycles. The van der Waals surface area contributed by atoms with Crippen molar-refractivity contribution in [3.63, 3.8) is 0 Å². The Morgan fingerprint density at radius 1 is 0.562 bits per heavy atom. The minimum absolute atomic E-state index is 0.632. The van der Waals surface area contributed by atoms with Gasteiger partial charge in [-0.15, -0.1) is 25.3 Å². The molecule has 0 atom stereocenters. The molecule has 0 aliphatic carbocycles. The molecule has 0 unspecified atom stereocenters. The Morgan fingerprint density at radius 3 is 1.19 bits per heavy atom. The van der Waals surface area contributed by atoms with Crippen molar-refractivity contribution in [1.29, 1.82) is 0 Å². The van der Waals surface area contributed by atoms with Crippen LogP contribution in [0.2, 0.25) is 0 Å². The summed E-state index contributed by atoms with van der Waals surface area (Å²) < 4.78 is 0. The van der Waals surface area contributed by atoms with Crippen molar-refractivity contribution in [2.75, 3.05) is 0 Å². The average Bonchev–Trinajstić information content (AvgIpc) is 2.30. The van der Waals surface area contributed by atoms with E-state index in [0.717, 1.165) is 9.79 Å². The zero-order chi connectivity index (χ0) is 11.4. The van der Waals surface area contributed by atoms with Gasteiger partial charge in [-0.05, 0) is 48.5 Å². The lowest BCUT2D eigenvalue weighted by atomic mass is 10.3. The number of thiol groups is 2. The third-order valence-electron chi connectivity index (χ3n) is 1.91. The van der Waals surface area contributed by atoms with E-state index in [2.05, 4.69) is 25.3 Å². The average molecular weight is 250 g/mol. The number of hydrogen-bond donors (Lipinski definition) is 2. The molecule has 2 nitrogen and oxygen atoms in total. The second kappa shape index (κ2) is 5.18. The van der Waals surface area contributed by atoms with E-state index in [1.54, 1.807) is 24.3 Å². The first-order chi connectivity index (χ1) is 7.74. The fraction of sp³-hybridized carbons (Fsp3) is 0. The van der Waals surface area contributed by atoms with E-state index in [1.807, 2.05) is 24.3 Å². The highest BCUT2D eigenvalue weighted by Gasteiger charge is 1.97. The van der Waals surface area contributed by atoms with E-state index in [9.17, 15) is 0 Å². The van der Waals surface area contributed by atoms with E-state index in [0.29, 0.717) is 11.5 Å². The minimum Gasteiger partial charge on any atom is -0.290 e. The fourth-order valence-corrected chi connectivity index (χ4v) is 1.40. The van der Waals surface area contributed by atoms with Gasteiger partial charge in [-0.1, -0.05) is 0 Å². The molecule has 0 spiro atoms. The maximum Gasteiger partial charge on any atom is 0.178 e. The zero-order valence-corrected chi connectivity index (χ0v) is 10.1. The Hall–Kier alpha value is -1.26. The molecule has 0 aliphatic heterocycles. The van der Waals surface area contributed by atoms with Crippen LogP contribution in [-0.2, 0) is 0 Å². The van der Waals surface area contributed by atoms with Crippen molar-refractivity contribution in [2.45, 2.75) is 9.79 Å². The van der Waals surface area contributed by atoms with E-state index in [1.165, 1.54) is 0 Å². The molecule has 0 aliphatic rings. The maximum absolute atomic E-state index is 5.13. The maximum atomic E-state index is 5.13. The first-order valence-electron chi connectivity index (χ1n) is 4.66. The quantitative estimate of drug-likeness (QED) is 0.492. The molecule has 82 valence electrons. The lowest BCUT2D eigenvalue weighted by Gasteiger charge is -2.05. The Morgan fingerprint density at radius 2 is 0.875 bits per heavy atom. The van der Waals surface area contributed by atoms with Crippen LogP contribution in [0.4, 0.5) is 0 Å². The highest BCUT2D eigenvalue weighted by atomic mass is 32.1. The molecule has 16 heavy (non-hydrogen) atoms. The van der Waals surface area contributed by atoms with Crippen molar-refractivity contribution in [3.8, 4) is 11.5 Å². The molecule has 0 amide bonds. The van der Waals surface area contributed by atoms with Crippen LogP contribution in [-0.4, -0.2) is 0 Å². The molecule has 0 aromatic heterocycles. The van der Waals surface area contributed by atoms with Gasteiger partial charge in [0.2, 0.25) is 0 Å². The van der Waals surface area contributed by atoms with Gasteiger partial charge in [0, 0.05) is 9.79 Å². The molecule has 0 N–H and O–H groups in total. The van der Waals surface area contributed by atoms with Crippen LogP contribution < -0.4 is 9.78 Å². The minimum atomic E-state index is 0.632. The summed E-state index contributed by atoms with van der Waals surface area (Å²) in [6, 6.07) is 14.5. The smallest absolute Gasteiger partial charge is 0.178 e. The van der Waals surface area contributed by atoms with E-state index in [-0.39, 0.29) is 0 Å². The Balaban J connectivity index is 1.97. The highest BCUT2D eigenvalue weighted by molar-refractivity contribution is 7.80. The topological polar surface area (TPSA) is 18.5 Å². The lowest BCUT2D eigenvalue weighted by Crippen LogP contribution is -1.99. The molecule has 0 heterocycles. The van der Waals surface area contributed by atoms with Gasteiger partial charge in [-0.3, -0.25) is 9.78 Å². The number of hydrogen-bond acceptors (Lipinski definition) is 4. The van der Waals surface area contributed by atoms with Gasteiger partial charge in [-0.2, -0.15) is 0 Å². The van der Waals surface area contributed by atoms with Gasteiger partial charge in [0.25, 0.3) is 0 Å². The van der Waals surface area contributed by atoms with Crippen molar-refractivity contribution >= 4 is 25.3 Å². The van der Waals surface area contributed by atoms with Crippen LogP contribution in [0.25, 0.3) is 0 Å². The summed E-state index contributed by atoms with van der Waals surface area (Å²) in [5.74, 6) is 1.26. The molecular weight excluding hydrogens is 240 g/mol. The third-order valence-corrected chi connectivity index (χ3v) is 2.50. The Bertz CT molecular complexity index is 406. The first kappa shape index (κ1) is 11.2. The van der Waals surface area contributed by atoms with Crippen molar-refractivity contribution in [2.24, 2.45) is 0 Å². The summed E-state index contributed by atoms with van der Waals surface area (Å²) in [5, 5.41) is 0. The molecular formula is C12H10O2S2. The van der Waals surface area contributed by atoms with Gasteiger partial charge in [-0.25, -0.2) is 0 Å². The Labute approximate surface area is 105 Å². The summed E-state index contributed by atoms with van der Waals surface area (Å²) in [6.07, 6.45) is 0. The Kier molecular flexibility index (Phi) is 3.64. The predicted molar refractivity (Wildman–Crippen MR) is 68.6 cm³/mol. The van der Waals surface area contributed by atoms with Gasteiger partial charge in [0.05, 0.1) is 0 Å². The van der Waals surface area contributed by atoms with E-state index < -0.39 is 0 Å². The second-order valence-corrected chi connectivity index (χ2v) is 4.19. The summed E-state index contributed by atoms with van der Waals surface area (Å²) in [5.41, 5.74) is 0. The number of rotatable bonds is 3. The standard InChI is InChI=1S/C12H10O2S2/c15-11-5-1-9(2-6-11)13-14-10-3-7-12(16)8-4-10/h1-8,15-16H. The molecule has 2 rings (SSSR count). The predicted octanol–water partition coefficient (Wildman–Crippen LogP) is 3.64. The SMILES string of the molecule is Sc1ccc(OOc2ccc(S)cc2)cc1. The van der Waals surface area contributed by atoms with Gasteiger partial charge in [0.15, 0.2) is 11.5 Å². The molecule has 0 fully saturated rings. The van der Waals surface area contributed by atoms with Crippen LogP contribution in [0.15, 0.2) is 58.3 Å². The molecule has 4 heteroatoms. The van der Waals surface area contributed by atoms with Crippen LogP contribution in [0.1, 0.15) is 0 Å².